The number of nitrogen functional groups attached to an aromatic ring is 1. The van der Waals surface area contributed by atoms with E-state index in [4.69, 9.17) is 15.2 Å². The van der Waals surface area contributed by atoms with Crippen LogP contribution in [0.3, 0.4) is 0 Å². The molecule has 1 aliphatic heterocycles. The number of rotatable bonds is 16. The highest BCUT2D eigenvalue weighted by Crippen LogP contribution is 2.22. The summed E-state index contributed by atoms with van der Waals surface area (Å²) in [6, 6.07) is 7.23. The SMILES string of the molecule is CCCCCNc1nc(N)nc(C)c1CCCN(Cc1cccc(CC(=O)OC)c1)C(=O)CN1CCC[C@H]1C(=O)OC. The fourth-order valence-electron chi connectivity index (χ4n) is 5.37. The minimum absolute atomic E-state index is 0.0626. The van der Waals surface area contributed by atoms with E-state index in [1.807, 2.05) is 41.0 Å². The number of likely N-dealkylation sites (tertiary alicyclic amines) is 1. The van der Waals surface area contributed by atoms with Crippen molar-refractivity contribution >= 4 is 29.6 Å². The maximum absolute atomic E-state index is 13.7. The third-order valence-corrected chi connectivity index (χ3v) is 7.63. The fourth-order valence-corrected chi connectivity index (χ4v) is 5.37. The number of aryl methyl sites for hydroxylation is 1. The molecule has 230 valence electrons. The fraction of sp³-hybridized carbons (Fsp3) is 0.581. The number of carbonyl (C=O) groups is 3. The molecule has 42 heavy (non-hydrogen) atoms. The quantitative estimate of drug-likeness (QED) is 0.224. The summed E-state index contributed by atoms with van der Waals surface area (Å²) in [6.07, 6.45) is 6.35. The van der Waals surface area contributed by atoms with Gasteiger partial charge in [-0.1, -0.05) is 44.0 Å². The molecule has 3 rings (SSSR count). The van der Waals surface area contributed by atoms with Crippen LogP contribution in [0.25, 0.3) is 0 Å². The number of hydrogen-bond donors (Lipinski definition) is 2. The molecule has 0 bridgehead atoms. The van der Waals surface area contributed by atoms with E-state index >= 15 is 0 Å². The molecule has 0 spiro atoms. The third kappa shape index (κ3) is 9.68. The second kappa shape index (κ2) is 16.6. The number of methoxy groups -OCH3 is 2. The molecule has 0 aliphatic carbocycles. The maximum Gasteiger partial charge on any atom is 0.323 e. The van der Waals surface area contributed by atoms with Crippen molar-refractivity contribution in [1.29, 1.82) is 0 Å². The van der Waals surface area contributed by atoms with Crippen molar-refractivity contribution in [1.82, 2.24) is 19.8 Å². The van der Waals surface area contributed by atoms with Gasteiger partial charge in [0, 0.05) is 30.9 Å². The summed E-state index contributed by atoms with van der Waals surface area (Å²) in [4.78, 5) is 50.4. The molecule has 11 nitrogen and oxygen atoms in total. The number of esters is 2. The predicted octanol–water partition coefficient (Wildman–Crippen LogP) is 3.28. The van der Waals surface area contributed by atoms with Crippen LogP contribution in [-0.2, 0) is 43.2 Å². The highest BCUT2D eigenvalue weighted by molar-refractivity contribution is 5.81. The molecule has 0 radical (unpaired) electrons. The largest absolute Gasteiger partial charge is 0.469 e. The molecule has 3 N–H and O–H groups in total. The molecule has 11 heteroatoms. The number of carbonyl (C=O) groups excluding carboxylic acids is 3. The van der Waals surface area contributed by atoms with Crippen molar-refractivity contribution in [3.8, 4) is 0 Å². The molecule has 2 aromatic rings. The smallest absolute Gasteiger partial charge is 0.323 e. The molecule has 1 saturated heterocycles. The van der Waals surface area contributed by atoms with Gasteiger partial charge in [-0.25, -0.2) is 4.98 Å². The Morgan fingerprint density at radius 1 is 1.12 bits per heavy atom. The number of amides is 1. The van der Waals surface area contributed by atoms with Gasteiger partial charge in [0.1, 0.15) is 11.9 Å². The average molecular weight is 583 g/mol. The van der Waals surface area contributed by atoms with Crippen LogP contribution in [0.4, 0.5) is 11.8 Å². The van der Waals surface area contributed by atoms with E-state index in [0.29, 0.717) is 38.9 Å². The number of hydrogen-bond acceptors (Lipinski definition) is 10. The van der Waals surface area contributed by atoms with Crippen molar-refractivity contribution in [2.75, 3.05) is 51.4 Å². The molecular weight excluding hydrogens is 536 g/mol. The zero-order valence-electron chi connectivity index (χ0n) is 25.5. The number of benzene rings is 1. The Morgan fingerprint density at radius 2 is 1.90 bits per heavy atom. The van der Waals surface area contributed by atoms with Crippen molar-refractivity contribution in [2.45, 2.75) is 77.8 Å². The molecule has 1 aromatic carbocycles. The first-order valence-corrected chi connectivity index (χ1v) is 14.9. The maximum atomic E-state index is 13.7. The van der Waals surface area contributed by atoms with Crippen molar-refractivity contribution in [3.05, 3.63) is 46.6 Å². The Hall–Kier alpha value is -3.73. The van der Waals surface area contributed by atoms with Crippen LogP contribution < -0.4 is 11.1 Å². The monoisotopic (exact) mass is 582 g/mol. The zero-order valence-corrected chi connectivity index (χ0v) is 25.5. The van der Waals surface area contributed by atoms with Gasteiger partial charge in [0.2, 0.25) is 11.9 Å². The lowest BCUT2D eigenvalue weighted by atomic mass is 10.1. The van der Waals surface area contributed by atoms with E-state index in [1.54, 1.807) is 0 Å². The number of anilines is 2. The van der Waals surface area contributed by atoms with Crippen LogP contribution in [-0.4, -0.2) is 84.1 Å². The number of nitrogens with one attached hydrogen (secondary N) is 1. The van der Waals surface area contributed by atoms with Crippen LogP contribution in [0, 0.1) is 6.92 Å². The van der Waals surface area contributed by atoms with E-state index in [2.05, 4.69) is 22.2 Å². The zero-order chi connectivity index (χ0) is 30.5. The van der Waals surface area contributed by atoms with Gasteiger partial charge in [-0.3, -0.25) is 19.3 Å². The Kier molecular flexibility index (Phi) is 13.0. The van der Waals surface area contributed by atoms with Gasteiger partial charge < -0.3 is 25.4 Å². The predicted molar refractivity (Wildman–Crippen MR) is 162 cm³/mol. The Balaban J connectivity index is 1.75. The number of unbranched alkanes of at least 4 members (excludes halogenated alkanes) is 2. The normalized spacial score (nSPS) is 14.9. The lowest BCUT2D eigenvalue weighted by molar-refractivity contribution is -0.147. The first kappa shape index (κ1) is 32.8. The van der Waals surface area contributed by atoms with Crippen LogP contribution in [0.15, 0.2) is 24.3 Å². The average Bonchev–Trinajstić information content (AvgIpc) is 3.43. The van der Waals surface area contributed by atoms with Crippen LogP contribution in [0.1, 0.15) is 67.8 Å². The summed E-state index contributed by atoms with van der Waals surface area (Å²) in [5.41, 5.74) is 9.52. The highest BCUT2D eigenvalue weighted by atomic mass is 16.5. The topological polar surface area (TPSA) is 140 Å². The van der Waals surface area contributed by atoms with Crippen molar-refractivity contribution < 1.29 is 23.9 Å². The summed E-state index contributed by atoms with van der Waals surface area (Å²) in [6.45, 7) is 6.58. The van der Waals surface area contributed by atoms with Crippen LogP contribution in [0.2, 0.25) is 0 Å². The minimum Gasteiger partial charge on any atom is -0.469 e. The van der Waals surface area contributed by atoms with Crippen LogP contribution in [0.5, 0.6) is 0 Å². The molecule has 0 saturated carbocycles. The van der Waals surface area contributed by atoms with E-state index in [1.165, 1.54) is 14.2 Å². The molecule has 1 aliphatic rings. The van der Waals surface area contributed by atoms with E-state index in [0.717, 1.165) is 60.4 Å². The summed E-state index contributed by atoms with van der Waals surface area (Å²) in [5, 5.41) is 3.43. The summed E-state index contributed by atoms with van der Waals surface area (Å²) >= 11 is 0. The third-order valence-electron chi connectivity index (χ3n) is 7.63. The second-order valence-electron chi connectivity index (χ2n) is 10.8. The second-order valence-corrected chi connectivity index (χ2v) is 10.8. The number of nitrogens with two attached hydrogens (primary N) is 1. The Bertz CT molecular complexity index is 1210. The summed E-state index contributed by atoms with van der Waals surface area (Å²) < 4.78 is 9.79. The number of aromatic nitrogens is 2. The molecule has 1 aromatic heterocycles. The minimum atomic E-state index is -0.403. The molecule has 2 heterocycles. The lowest BCUT2D eigenvalue weighted by Gasteiger charge is -2.28. The summed E-state index contributed by atoms with van der Waals surface area (Å²) in [7, 11) is 2.75. The Labute approximate surface area is 249 Å². The van der Waals surface area contributed by atoms with Gasteiger partial charge in [-0.05, 0) is 56.7 Å². The molecule has 1 amide bonds. The molecule has 1 fully saturated rings. The first-order chi connectivity index (χ1) is 20.2. The highest BCUT2D eigenvalue weighted by Gasteiger charge is 2.33. The van der Waals surface area contributed by atoms with E-state index in [9.17, 15) is 14.4 Å². The number of ether oxygens (including phenoxy) is 2. The van der Waals surface area contributed by atoms with Crippen LogP contribution >= 0.6 is 0 Å². The van der Waals surface area contributed by atoms with Gasteiger partial charge in [-0.15, -0.1) is 0 Å². The first-order valence-electron chi connectivity index (χ1n) is 14.9. The lowest BCUT2D eigenvalue weighted by Crippen LogP contribution is -2.45. The summed E-state index contributed by atoms with van der Waals surface area (Å²) in [5.74, 6) is 0.307. The van der Waals surface area contributed by atoms with E-state index in [-0.39, 0.29) is 36.8 Å². The van der Waals surface area contributed by atoms with Gasteiger partial charge >= 0.3 is 11.9 Å². The van der Waals surface area contributed by atoms with Gasteiger partial charge in [0.25, 0.3) is 0 Å². The van der Waals surface area contributed by atoms with Gasteiger partial charge in [0.15, 0.2) is 0 Å². The standard InChI is InChI=1S/C31H46N6O5/c1-5-6-7-15-33-29-25(22(2)34-31(32)35-29)13-9-17-37(20-24-12-8-11-23(18-24)19-28(39)41-3)27(38)21-36-16-10-14-26(36)30(40)42-4/h8,11-12,18,26H,5-7,9-10,13-17,19-21H2,1-4H3,(H3,32,33,34,35)/t26-/m0/s1. The molecule has 1 atom stereocenters. The van der Waals surface area contributed by atoms with Crippen molar-refractivity contribution in [3.63, 3.8) is 0 Å². The van der Waals surface area contributed by atoms with Gasteiger partial charge in [0.05, 0.1) is 27.2 Å². The molecule has 0 unspecified atom stereocenters. The Morgan fingerprint density at radius 3 is 2.64 bits per heavy atom. The van der Waals surface area contributed by atoms with Gasteiger partial charge in [-0.2, -0.15) is 4.98 Å². The van der Waals surface area contributed by atoms with E-state index < -0.39 is 6.04 Å². The number of nitrogens with zero attached hydrogens (tertiary/aromatic N) is 4. The molecular formula is C31H46N6O5. The van der Waals surface area contributed by atoms with Crippen molar-refractivity contribution in [2.24, 2.45) is 0 Å².